The summed E-state index contributed by atoms with van der Waals surface area (Å²) in [5, 5.41) is 12.3. The molecule has 1 rings (SSSR count). The Balaban J connectivity index is 2.53. The minimum atomic E-state index is -0.684. The van der Waals surface area contributed by atoms with E-state index in [1.54, 1.807) is 23.1 Å². The van der Waals surface area contributed by atoms with Crippen molar-refractivity contribution in [3.63, 3.8) is 0 Å². The number of nitrogens with one attached hydrogen (secondary N) is 1. The molecule has 0 aromatic carbocycles. The third-order valence-electron chi connectivity index (χ3n) is 2.76. The number of anilines is 1. The monoisotopic (exact) mass is 317 g/mol. The number of amides is 1. The Labute approximate surface area is 128 Å². The van der Waals surface area contributed by atoms with Crippen molar-refractivity contribution in [1.82, 2.24) is 15.5 Å². The van der Waals surface area contributed by atoms with Gasteiger partial charge in [0.2, 0.25) is 11.0 Å². The van der Waals surface area contributed by atoms with Crippen molar-refractivity contribution in [2.75, 3.05) is 24.7 Å². The molecule has 1 amide bonds. The van der Waals surface area contributed by atoms with E-state index in [1.165, 1.54) is 0 Å². The van der Waals surface area contributed by atoms with Crippen molar-refractivity contribution in [3.05, 3.63) is 0 Å². The molecule has 0 fully saturated rings. The third kappa shape index (κ3) is 4.92. The smallest absolute Gasteiger partial charge is 0.237 e. The highest BCUT2D eigenvalue weighted by atomic mass is 32.2. The van der Waals surface area contributed by atoms with Crippen molar-refractivity contribution >= 4 is 34.1 Å². The van der Waals surface area contributed by atoms with Gasteiger partial charge in [-0.25, -0.2) is 0 Å². The van der Waals surface area contributed by atoms with Gasteiger partial charge >= 0.3 is 0 Å². The molecular weight excluding hydrogens is 294 g/mol. The lowest BCUT2D eigenvalue weighted by Gasteiger charge is -2.29. The van der Waals surface area contributed by atoms with E-state index in [1.807, 2.05) is 39.8 Å². The Hall–Kier alpha value is -0.860. The first kappa shape index (κ1) is 17.2. The van der Waals surface area contributed by atoms with Crippen molar-refractivity contribution < 1.29 is 4.79 Å². The number of carbonyl (C=O) groups excluding carboxylic acids is 1. The Morgan fingerprint density at radius 2 is 2.15 bits per heavy atom. The van der Waals surface area contributed by atoms with Crippen LogP contribution in [0.5, 0.6) is 0 Å². The van der Waals surface area contributed by atoms with Gasteiger partial charge in [0.1, 0.15) is 0 Å². The molecule has 114 valence electrons. The summed E-state index contributed by atoms with van der Waals surface area (Å²) >= 11 is 3.14. The summed E-state index contributed by atoms with van der Waals surface area (Å²) in [6.45, 7) is 5.85. The number of nitrogens with two attached hydrogens (primary N) is 1. The third-order valence-corrected chi connectivity index (χ3v) is 4.98. The van der Waals surface area contributed by atoms with Gasteiger partial charge in [0.25, 0.3) is 0 Å². The summed E-state index contributed by atoms with van der Waals surface area (Å²) in [5.41, 5.74) is 4.82. The van der Waals surface area contributed by atoms with E-state index in [-0.39, 0.29) is 11.9 Å². The summed E-state index contributed by atoms with van der Waals surface area (Å²) < 4.78 is 0.907. The fraction of sp³-hybridized carbons (Fsp3) is 0.750. The zero-order valence-corrected chi connectivity index (χ0v) is 14.3. The molecule has 0 aliphatic carbocycles. The molecule has 0 spiro atoms. The largest absolute Gasteiger partial charge is 0.368 e. The van der Waals surface area contributed by atoms with Crippen LogP contribution in [-0.4, -0.2) is 47.5 Å². The number of rotatable bonds is 8. The van der Waals surface area contributed by atoms with Gasteiger partial charge in [0.05, 0.1) is 5.54 Å². The van der Waals surface area contributed by atoms with Crippen LogP contribution >= 0.6 is 23.1 Å². The van der Waals surface area contributed by atoms with E-state index >= 15 is 0 Å². The first-order valence-electron chi connectivity index (χ1n) is 6.46. The van der Waals surface area contributed by atoms with Crippen LogP contribution in [0.4, 0.5) is 5.13 Å². The number of thioether (sulfide) groups is 1. The predicted octanol–water partition coefficient (Wildman–Crippen LogP) is 1.33. The van der Waals surface area contributed by atoms with Gasteiger partial charge in [0.15, 0.2) is 4.34 Å². The van der Waals surface area contributed by atoms with Crippen molar-refractivity contribution in [2.24, 2.45) is 5.73 Å². The molecular formula is C12H23N5OS2. The maximum absolute atomic E-state index is 11.6. The Morgan fingerprint density at radius 3 is 2.60 bits per heavy atom. The van der Waals surface area contributed by atoms with E-state index in [9.17, 15) is 4.79 Å². The minimum absolute atomic E-state index is 0.208. The quantitative estimate of drug-likeness (QED) is 0.704. The minimum Gasteiger partial charge on any atom is -0.368 e. The van der Waals surface area contributed by atoms with Gasteiger partial charge in [-0.05, 0) is 27.2 Å². The Kier molecular flexibility index (Phi) is 6.22. The van der Waals surface area contributed by atoms with Gasteiger partial charge in [-0.15, -0.1) is 10.2 Å². The molecule has 0 bridgehead atoms. The van der Waals surface area contributed by atoms with Crippen LogP contribution in [0.25, 0.3) is 0 Å². The molecule has 0 aliphatic rings. The molecule has 1 heterocycles. The molecule has 1 aromatic rings. The number of carbonyl (C=O) groups is 1. The van der Waals surface area contributed by atoms with Crippen LogP contribution in [-0.2, 0) is 4.79 Å². The highest BCUT2D eigenvalue weighted by Gasteiger charge is 2.31. The molecule has 0 saturated carbocycles. The fourth-order valence-corrected chi connectivity index (χ4v) is 3.68. The lowest BCUT2D eigenvalue weighted by atomic mass is 9.97. The molecule has 0 aliphatic heterocycles. The lowest BCUT2D eigenvalue weighted by molar-refractivity contribution is -0.124. The number of aromatic nitrogens is 2. The fourth-order valence-electron chi connectivity index (χ4n) is 1.69. The van der Waals surface area contributed by atoms with Gasteiger partial charge in [-0.2, -0.15) is 0 Å². The van der Waals surface area contributed by atoms with Crippen LogP contribution in [0.3, 0.4) is 0 Å². The second-order valence-corrected chi connectivity index (χ2v) is 7.64. The SMILES string of the molecule is CC(C)NC(C)(CCSc1nnc(N(C)C)s1)C(N)=O. The van der Waals surface area contributed by atoms with E-state index < -0.39 is 5.54 Å². The standard InChI is InChI=1S/C12H23N5OS2/c1-8(2)14-12(3,9(13)18)6-7-19-11-16-15-10(20-11)17(4)5/h8,14H,6-7H2,1-5H3,(H2,13,18). The summed E-state index contributed by atoms with van der Waals surface area (Å²) in [7, 11) is 3.87. The molecule has 20 heavy (non-hydrogen) atoms. The Bertz CT molecular complexity index is 449. The van der Waals surface area contributed by atoms with Crippen molar-refractivity contribution in [1.29, 1.82) is 0 Å². The van der Waals surface area contributed by atoms with Crippen molar-refractivity contribution in [2.45, 2.75) is 43.1 Å². The van der Waals surface area contributed by atoms with E-state index in [0.29, 0.717) is 6.42 Å². The highest BCUT2D eigenvalue weighted by Crippen LogP contribution is 2.28. The molecule has 1 unspecified atom stereocenters. The first-order chi connectivity index (χ1) is 9.24. The first-order valence-corrected chi connectivity index (χ1v) is 8.26. The maximum atomic E-state index is 11.6. The Morgan fingerprint density at radius 1 is 1.50 bits per heavy atom. The molecule has 6 nitrogen and oxygen atoms in total. The molecule has 1 aromatic heterocycles. The highest BCUT2D eigenvalue weighted by molar-refractivity contribution is 8.01. The molecule has 8 heteroatoms. The van der Waals surface area contributed by atoms with E-state index in [0.717, 1.165) is 15.2 Å². The number of hydrogen-bond acceptors (Lipinski definition) is 7. The summed E-state index contributed by atoms with van der Waals surface area (Å²) in [6.07, 6.45) is 0.655. The molecule has 3 N–H and O–H groups in total. The van der Waals surface area contributed by atoms with Gasteiger partial charge in [-0.3, -0.25) is 4.79 Å². The molecule has 1 atom stereocenters. The zero-order valence-electron chi connectivity index (χ0n) is 12.6. The van der Waals surface area contributed by atoms with Crippen LogP contribution < -0.4 is 16.0 Å². The summed E-state index contributed by atoms with van der Waals surface area (Å²) in [6, 6.07) is 0.208. The normalized spacial score (nSPS) is 14.3. The van der Waals surface area contributed by atoms with Gasteiger partial charge in [-0.1, -0.05) is 23.1 Å². The number of nitrogens with zero attached hydrogens (tertiary/aromatic N) is 3. The van der Waals surface area contributed by atoms with Crippen LogP contribution in [0, 0.1) is 0 Å². The van der Waals surface area contributed by atoms with E-state index in [4.69, 9.17) is 5.73 Å². The average Bonchev–Trinajstić information content (AvgIpc) is 2.76. The predicted molar refractivity (Wildman–Crippen MR) is 85.4 cm³/mol. The van der Waals surface area contributed by atoms with Crippen LogP contribution in [0.2, 0.25) is 0 Å². The summed E-state index contributed by atoms with van der Waals surface area (Å²) in [5.74, 6) is 0.444. The van der Waals surface area contributed by atoms with Crippen LogP contribution in [0.15, 0.2) is 4.34 Å². The lowest BCUT2D eigenvalue weighted by Crippen LogP contribution is -2.55. The molecule has 0 radical (unpaired) electrons. The zero-order chi connectivity index (χ0) is 15.3. The second-order valence-electron chi connectivity index (χ2n) is 5.34. The number of hydrogen-bond donors (Lipinski definition) is 2. The van der Waals surface area contributed by atoms with Gasteiger partial charge in [0, 0.05) is 25.9 Å². The van der Waals surface area contributed by atoms with E-state index in [2.05, 4.69) is 15.5 Å². The summed E-state index contributed by atoms with van der Waals surface area (Å²) in [4.78, 5) is 13.5. The average molecular weight is 317 g/mol. The van der Waals surface area contributed by atoms with Crippen molar-refractivity contribution in [3.8, 4) is 0 Å². The van der Waals surface area contributed by atoms with Crippen LogP contribution in [0.1, 0.15) is 27.2 Å². The maximum Gasteiger partial charge on any atom is 0.237 e. The number of primary amides is 1. The second kappa shape index (κ2) is 7.24. The van der Waals surface area contributed by atoms with Gasteiger partial charge < -0.3 is 16.0 Å². The topological polar surface area (TPSA) is 84.1 Å². The molecule has 0 saturated heterocycles.